The number of hydrogen-bond donors (Lipinski definition) is 1. The van der Waals surface area contributed by atoms with Crippen LogP contribution < -0.4 is 0 Å². The predicted octanol–water partition coefficient (Wildman–Crippen LogP) is 2.32. The van der Waals surface area contributed by atoms with Crippen LogP contribution in [0.4, 0.5) is 4.39 Å². The van der Waals surface area contributed by atoms with Gasteiger partial charge in [-0.1, -0.05) is 42.5 Å². The minimum atomic E-state index is -0.734. The maximum absolute atomic E-state index is 14.3. The molecule has 3 rings (SSSR count). The second-order valence-electron chi connectivity index (χ2n) is 6.15. The number of ether oxygens (including phenoxy) is 1. The van der Waals surface area contributed by atoms with Crippen LogP contribution in [-0.2, 0) is 9.53 Å². The third kappa shape index (κ3) is 2.96. The number of methoxy groups -OCH3 is 1. The van der Waals surface area contributed by atoms with Crippen molar-refractivity contribution in [1.29, 1.82) is 5.26 Å². The normalized spacial score (nSPS) is 21.8. The lowest BCUT2D eigenvalue weighted by atomic mass is 9.73. The van der Waals surface area contributed by atoms with E-state index in [1.807, 2.05) is 12.1 Å². The van der Waals surface area contributed by atoms with Crippen LogP contribution in [0.3, 0.4) is 0 Å². The molecule has 0 radical (unpaired) electrons. The molecule has 26 heavy (non-hydrogen) atoms. The fourth-order valence-corrected chi connectivity index (χ4v) is 3.63. The lowest BCUT2D eigenvalue weighted by molar-refractivity contribution is -0.150. The van der Waals surface area contributed by atoms with Crippen molar-refractivity contribution < 1.29 is 19.0 Å². The molecule has 3 atom stereocenters. The van der Waals surface area contributed by atoms with E-state index in [1.54, 1.807) is 30.3 Å². The van der Waals surface area contributed by atoms with E-state index in [4.69, 9.17) is 4.74 Å². The zero-order valence-corrected chi connectivity index (χ0v) is 14.3. The highest BCUT2D eigenvalue weighted by molar-refractivity contribution is 5.81. The van der Waals surface area contributed by atoms with Crippen molar-refractivity contribution in [3.63, 3.8) is 0 Å². The Labute approximate surface area is 151 Å². The molecule has 6 heteroatoms. The third-order valence-electron chi connectivity index (χ3n) is 4.77. The number of aliphatic hydroxyl groups is 1. The summed E-state index contributed by atoms with van der Waals surface area (Å²) in [6, 6.07) is 14.5. The van der Waals surface area contributed by atoms with Crippen LogP contribution >= 0.6 is 0 Å². The van der Waals surface area contributed by atoms with Gasteiger partial charge in [0, 0.05) is 18.6 Å². The molecule has 1 heterocycles. The molecular weight excluding hydrogens is 335 g/mol. The van der Waals surface area contributed by atoms with E-state index in [9.17, 15) is 19.6 Å². The number of aliphatic hydroxyl groups excluding tert-OH is 1. The maximum atomic E-state index is 14.3. The highest BCUT2D eigenvalue weighted by atomic mass is 19.1. The highest BCUT2D eigenvalue weighted by Crippen LogP contribution is 2.44. The molecule has 1 N–H and O–H groups in total. The average molecular weight is 354 g/mol. The van der Waals surface area contributed by atoms with E-state index in [0.717, 1.165) is 5.56 Å². The summed E-state index contributed by atoms with van der Waals surface area (Å²) in [6.07, 6.45) is 0. The van der Waals surface area contributed by atoms with E-state index in [2.05, 4.69) is 6.07 Å². The van der Waals surface area contributed by atoms with Crippen LogP contribution in [0.2, 0.25) is 0 Å². The molecule has 1 fully saturated rings. The standard InChI is InChI=1S/C20H19FN2O3/c1-26-12-19(25)23-17(10-22)20(18(23)11-24)15-8-3-2-6-13(15)14-7-4-5-9-16(14)21/h2-9,17-18,20,24H,11-12H2,1H3/t17-,18+,20+/m1/s1. The Kier molecular flexibility index (Phi) is 5.31. The molecule has 0 aliphatic carbocycles. The lowest BCUT2D eigenvalue weighted by Crippen LogP contribution is -2.66. The first-order valence-corrected chi connectivity index (χ1v) is 8.28. The van der Waals surface area contributed by atoms with Gasteiger partial charge >= 0.3 is 0 Å². The predicted molar refractivity (Wildman–Crippen MR) is 93.6 cm³/mol. The second-order valence-corrected chi connectivity index (χ2v) is 6.15. The number of likely N-dealkylation sites (tertiary alicyclic amines) is 1. The van der Waals surface area contributed by atoms with Crippen LogP contribution in [0.25, 0.3) is 11.1 Å². The summed E-state index contributed by atoms with van der Waals surface area (Å²) in [5, 5.41) is 19.4. The van der Waals surface area contributed by atoms with E-state index in [-0.39, 0.29) is 24.9 Å². The zero-order valence-electron chi connectivity index (χ0n) is 14.3. The Morgan fingerprint density at radius 3 is 2.50 bits per heavy atom. The van der Waals surface area contributed by atoms with Crippen molar-refractivity contribution in [2.24, 2.45) is 0 Å². The number of hydrogen-bond acceptors (Lipinski definition) is 4. The van der Waals surface area contributed by atoms with Gasteiger partial charge in [-0.2, -0.15) is 5.26 Å². The van der Waals surface area contributed by atoms with Gasteiger partial charge < -0.3 is 14.7 Å². The zero-order chi connectivity index (χ0) is 18.7. The first-order chi connectivity index (χ1) is 12.6. The van der Waals surface area contributed by atoms with Gasteiger partial charge in [-0.3, -0.25) is 4.79 Å². The molecule has 0 spiro atoms. The maximum Gasteiger partial charge on any atom is 0.249 e. The van der Waals surface area contributed by atoms with Crippen LogP contribution in [0.1, 0.15) is 11.5 Å². The average Bonchev–Trinajstić information content (AvgIpc) is 2.63. The van der Waals surface area contributed by atoms with E-state index in [1.165, 1.54) is 18.1 Å². The van der Waals surface area contributed by atoms with Crippen molar-refractivity contribution in [2.75, 3.05) is 20.3 Å². The minimum absolute atomic E-state index is 0.156. The van der Waals surface area contributed by atoms with Gasteiger partial charge in [0.1, 0.15) is 18.5 Å². The fraction of sp³-hybridized carbons (Fsp3) is 0.300. The molecule has 1 amide bonds. The smallest absolute Gasteiger partial charge is 0.249 e. The van der Waals surface area contributed by atoms with Crippen molar-refractivity contribution >= 4 is 5.91 Å². The van der Waals surface area contributed by atoms with Gasteiger partial charge in [0.25, 0.3) is 0 Å². The molecule has 0 aromatic heterocycles. The Bertz CT molecular complexity index is 849. The SMILES string of the molecule is COCC(=O)N1[C@H](C#N)[C@H](c2ccccc2-c2ccccc2F)[C@@H]1CO. The number of carbonyl (C=O) groups excluding carboxylic acids is 1. The number of amides is 1. The van der Waals surface area contributed by atoms with Crippen LogP contribution in [0, 0.1) is 17.1 Å². The number of benzene rings is 2. The van der Waals surface area contributed by atoms with E-state index >= 15 is 0 Å². The van der Waals surface area contributed by atoms with Crippen LogP contribution in [0.15, 0.2) is 48.5 Å². The number of carbonyl (C=O) groups is 1. The molecule has 1 saturated heterocycles. The first kappa shape index (κ1) is 18.1. The molecule has 0 unspecified atom stereocenters. The summed E-state index contributed by atoms with van der Waals surface area (Å²) in [5.74, 6) is -1.11. The number of nitrogens with zero attached hydrogens (tertiary/aromatic N) is 2. The third-order valence-corrected chi connectivity index (χ3v) is 4.77. The van der Waals surface area contributed by atoms with E-state index < -0.39 is 18.0 Å². The molecule has 1 aliphatic rings. The van der Waals surface area contributed by atoms with Crippen molar-refractivity contribution in [2.45, 2.75) is 18.0 Å². The minimum Gasteiger partial charge on any atom is -0.394 e. The van der Waals surface area contributed by atoms with Gasteiger partial charge in [0.15, 0.2) is 0 Å². The summed E-state index contributed by atoms with van der Waals surface area (Å²) >= 11 is 0. The topological polar surface area (TPSA) is 73.6 Å². The number of rotatable bonds is 5. The van der Waals surface area contributed by atoms with Crippen molar-refractivity contribution in [3.8, 4) is 17.2 Å². The Hall–Kier alpha value is -2.75. The molecule has 2 aromatic rings. The molecule has 134 valence electrons. The van der Waals surface area contributed by atoms with Crippen LogP contribution in [-0.4, -0.2) is 48.3 Å². The molecule has 0 saturated carbocycles. The molecule has 1 aliphatic heterocycles. The molecule has 5 nitrogen and oxygen atoms in total. The largest absolute Gasteiger partial charge is 0.394 e. The first-order valence-electron chi connectivity index (χ1n) is 8.28. The fourth-order valence-electron chi connectivity index (χ4n) is 3.63. The lowest BCUT2D eigenvalue weighted by Gasteiger charge is -2.52. The molecule has 0 bridgehead atoms. The highest BCUT2D eigenvalue weighted by Gasteiger charge is 2.52. The summed E-state index contributed by atoms with van der Waals surface area (Å²) in [7, 11) is 1.40. The summed E-state index contributed by atoms with van der Waals surface area (Å²) in [5.41, 5.74) is 1.83. The number of nitriles is 1. The van der Waals surface area contributed by atoms with Crippen molar-refractivity contribution in [1.82, 2.24) is 4.90 Å². The Morgan fingerprint density at radius 1 is 1.23 bits per heavy atom. The summed E-state index contributed by atoms with van der Waals surface area (Å²) in [6.45, 7) is -0.444. The van der Waals surface area contributed by atoms with Crippen molar-refractivity contribution in [3.05, 3.63) is 59.9 Å². The van der Waals surface area contributed by atoms with Gasteiger partial charge in [0.2, 0.25) is 5.91 Å². The van der Waals surface area contributed by atoms with Gasteiger partial charge in [-0.05, 0) is 17.2 Å². The Balaban J connectivity index is 2.03. The van der Waals surface area contributed by atoms with E-state index in [0.29, 0.717) is 11.1 Å². The molecular formula is C20H19FN2O3. The van der Waals surface area contributed by atoms with Gasteiger partial charge in [-0.15, -0.1) is 0 Å². The van der Waals surface area contributed by atoms with Crippen LogP contribution in [0.5, 0.6) is 0 Å². The summed E-state index contributed by atoms with van der Waals surface area (Å²) < 4.78 is 19.2. The number of halogens is 1. The quantitative estimate of drug-likeness (QED) is 0.894. The molecule has 2 aromatic carbocycles. The summed E-state index contributed by atoms with van der Waals surface area (Å²) in [4.78, 5) is 13.6. The van der Waals surface area contributed by atoms with Gasteiger partial charge in [-0.25, -0.2) is 4.39 Å². The monoisotopic (exact) mass is 354 g/mol. The Morgan fingerprint density at radius 2 is 1.88 bits per heavy atom. The van der Waals surface area contributed by atoms with Gasteiger partial charge in [0.05, 0.1) is 18.7 Å². The second kappa shape index (κ2) is 7.65.